The smallest absolute Gasteiger partial charge is 0.233 e. The van der Waals surface area contributed by atoms with E-state index < -0.39 is 0 Å². The monoisotopic (exact) mass is 367 g/mol. The summed E-state index contributed by atoms with van der Waals surface area (Å²) in [5.74, 6) is -0.132. The quantitative estimate of drug-likeness (QED) is 0.690. The molecule has 0 bridgehead atoms. The molecule has 1 fully saturated rings. The highest BCUT2D eigenvalue weighted by Gasteiger charge is 2.41. The predicted octanol–water partition coefficient (Wildman–Crippen LogP) is 3.85. The van der Waals surface area contributed by atoms with Gasteiger partial charge in [0.2, 0.25) is 5.91 Å². The molecule has 1 saturated heterocycles. The van der Waals surface area contributed by atoms with Crippen LogP contribution >= 0.6 is 11.3 Å². The molecule has 0 spiro atoms. The van der Waals surface area contributed by atoms with Crippen LogP contribution in [0.3, 0.4) is 0 Å². The number of benzene rings is 2. The van der Waals surface area contributed by atoms with Crippen molar-refractivity contribution in [2.45, 2.75) is 19.4 Å². The Hall–Kier alpha value is -2.47. The van der Waals surface area contributed by atoms with E-state index in [0.29, 0.717) is 18.6 Å². The van der Waals surface area contributed by atoms with Crippen LogP contribution in [0.4, 0.5) is 15.2 Å². The van der Waals surface area contributed by atoms with Crippen LogP contribution in [-0.2, 0) is 11.2 Å². The first kappa shape index (κ1) is 15.8. The largest absolute Gasteiger partial charge is 0.346 e. The van der Waals surface area contributed by atoms with E-state index in [2.05, 4.69) is 22.9 Å². The Morgan fingerprint density at radius 3 is 2.81 bits per heavy atom. The van der Waals surface area contributed by atoms with Gasteiger partial charge >= 0.3 is 0 Å². The number of hydrogen-bond donors (Lipinski definition) is 0. The van der Waals surface area contributed by atoms with Crippen LogP contribution in [0, 0.1) is 11.7 Å². The van der Waals surface area contributed by atoms with Gasteiger partial charge in [0.15, 0.2) is 5.13 Å². The lowest BCUT2D eigenvalue weighted by molar-refractivity contribution is -0.123. The Kier molecular flexibility index (Phi) is 3.50. The average Bonchev–Trinajstić information content (AvgIpc) is 3.14. The molecule has 3 aromatic rings. The molecule has 5 rings (SSSR count). The maximum absolute atomic E-state index is 13.8. The van der Waals surface area contributed by atoms with Crippen molar-refractivity contribution in [2.24, 2.45) is 5.92 Å². The van der Waals surface area contributed by atoms with Gasteiger partial charge in [0, 0.05) is 24.8 Å². The molecule has 0 aliphatic carbocycles. The van der Waals surface area contributed by atoms with Crippen molar-refractivity contribution in [3.63, 3.8) is 0 Å². The van der Waals surface area contributed by atoms with Crippen LogP contribution in [0.25, 0.3) is 10.2 Å². The molecule has 1 amide bonds. The molecule has 1 aromatic heterocycles. The number of thiazole rings is 1. The Bertz CT molecular complexity index is 1010. The van der Waals surface area contributed by atoms with Gasteiger partial charge in [-0.1, -0.05) is 35.6 Å². The number of fused-ring (bicyclic) bond motifs is 2. The number of carbonyl (C=O) groups is 1. The minimum Gasteiger partial charge on any atom is -0.346 e. The number of halogens is 1. The molecule has 3 heterocycles. The second kappa shape index (κ2) is 5.77. The molecule has 4 nitrogen and oxygen atoms in total. The molecule has 132 valence electrons. The number of rotatable bonds is 2. The molecule has 6 heteroatoms. The van der Waals surface area contributed by atoms with Gasteiger partial charge in [-0.25, -0.2) is 9.37 Å². The van der Waals surface area contributed by atoms with Crippen molar-refractivity contribution in [2.75, 3.05) is 22.9 Å². The predicted molar refractivity (Wildman–Crippen MR) is 102 cm³/mol. The lowest BCUT2D eigenvalue weighted by atomic mass is 9.98. The topological polar surface area (TPSA) is 36.4 Å². The number of anilines is 2. The first-order valence-corrected chi connectivity index (χ1v) is 9.64. The average molecular weight is 367 g/mol. The Balaban J connectivity index is 1.33. The van der Waals surface area contributed by atoms with Gasteiger partial charge in [-0.05, 0) is 37.1 Å². The third-order valence-corrected chi connectivity index (χ3v) is 6.39. The molecule has 26 heavy (non-hydrogen) atoms. The second-order valence-electron chi connectivity index (χ2n) is 7.08. The molecule has 2 aromatic carbocycles. The molecule has 1 atom stereocenters. The fraction of sp³-hybridized carbons (Fsp3) is 0.300. The first-order valence-electron chi connectivity index (χ1n) is 8.83. The number of hydrogen-bond acceptors (Lipinski definition) is 4. The van der Waals surface area contributed by atoms with Crippen molar-refractivity contribution in [3.05, 3.63) is 53.8 Å². The summed E-state index contributed by atoms with van der Waals surface area (Å²) >= 11 is 1.48. The van der Waals surface area contributed by atoms with E-state index in [0.717, 1.165) is 21.9 Å². The highest BCUT2D eigenvalue weighted by molar-refractivity contribution is 7.22. The summed E-state index contributed by atoms with van der Waals surface area (Å²) in [6.45, 7) is 3.39. The van der Waals surface area contributed by atoms with Crippen LogP contribution < -0.4 is 9.80 Å². The summed E-state index contributed by atoms with van der Waals surface area (Å²) in [6, 6.07) is 13.4. The van der Waals surface area contributed by atoms with Gasteiger partial charge < -0.3 is 9.80 Å². The molecule has 1 unspecified atom stereocenters. The van der Waals surface area contributed by atoms with Crippen molar-refractivity contribution < 1.29 is 9.18 Å². The fourth-order valence-corrected chi connectivity index (χ4v) is 4.93. The number of carbonyl (C=O) groups excluding carboxylic acids is 1. The fourth-order valence-electron chi connectivity index (χ4n) is 3.93. The minimum absolute atomic E-state index is 0.0273. The standard InChI is InChI=1S/C20H18FN3OS/c1-12-9-13-5-2-3-7-16(13)24(12)19(25)14-10-23(11-14)20-22-18-15(21)6-4-8-17(18)26-20/h2-8,12,14H,9-11H2,1H3. The van der Waals surface area contributed by atoms with Gasteiger partial charge in [0.25, 0.3) is 0 Å². The summed E-state index contributed by atoms with van der Waals surface area (Å²) < 4.78 is 14.7. The second-order valence-corrected chi connectivity index (χ2v) is 8.08. The van der Waals surface area contributed by atoms with E-state index in [1.54, 1.807) is 6.07 Å². The Morgan fingerprint density at radius 1 is 1.19 bits per heavy atom. The van der Waals surface area contributed by atoms with Crippen molar-refractivity contribution in [1.82, 2.24) is 4.98 Å². The molecule has 0 radical (unpaired) electrons. The van der Waals surface area contributed by atoms with E-state index >= 15 is 0 Å². The number of para-hydroxylation sites is 2. The third kappa shape index (κ3) is 2.32. The summed E-state index contributed by atoms with van der Waals surface area (Å²) in [4.78, 5) is 21.5. The van der Waals surface area contributed by atoms with Crippen LogP contribution in [-0.4, -0.2) is 30.0 Å². The van der Waals surface area contributed by atoms with Crippen LogP contribution in [0.1, 0.15) is 12.5 Å². The molecular formula is C20H18FN3OS. The summed E-state index contributed by atoms with van der Waals surface area (Å²) in [5, 5.41) is 0.795. The zero-order chi connectivity index (χ0) is 17.8. The number of nitrogens with zero attached hydrogens (tertiary/aromatic N) is 3. The Labute approximate surface area is 154 Å². The summed E-state index contributed by atoms with van der Waals surface area (Å²) in [6.07, 6.45) is 0.912. The zero-order valence-corrected chi connectivity index (χ0v) is 15.2. The van der Waals surface area contributed by atoms with E-state index in [1.165, 1.54) is 23.0 Å². The van der Waals surface area contributed by atoms with Gasteiger partial charge in [-0.3, -0.25) is 4.79 Å². The van der Waals surface area contributed by atoms with Gasteiger partial charge in [-0.15, -0.1) is 0 Å². The number of amides is 1. The lowest BCUT2D eigenvalue weighted by Gasteiger charge is -2.40. The van der Waals surface area contributed by atoms with E-state index in [9.17, 15) is 9.18 Å². The maximum Gasteiger partial charge on any atom is 0.233 e. The highest BCUT2D eigenvalue weighted by Crippen LogP contribution is 2.37. The highest BCUT2D eigenvalue weighted by atomic mass is 32.1. The Morgan fingerprint density at radius 2 is 2.00 bits per heavy atom. The van der Waals surface area contributed by atoms with Crippen LogP contribution in [0.5, 0.6) is 0 Å². The minimum atomic E-state index is -0.291. The third-order valence-electron chi connectivity index (χ3n) is 5.30. The first-order chi connectivity index (χ1) is 12.6. The molecule has 0 N–H and O–H groups in total. The lowest BCUT2D eigenvalue weighted by Crippen LogP contribution is -2.55. The van der Waals surface area contributed by atoms with Crippen molar-refractivity contribution in [1.29, 1.82) is 0 Å². The van der Waals surface area contributed by atoms with Crippen molar-refractivity contribution >= 4 is 38.3 Å². The molecule has 2 aliphatic heterocycles. The molecular weight excluding hydrogens is 349 g/mol. The van der Waals surface area contributed by atoms with Gasteiger partial charge in [0.1, 0.15) is 11.3 Å². The summed E-state index contributed by atoms with van der Waals surface area (Å²) in [7, 11) is 0. The summed E-state index contributed by atoms with van der Waals surface area (Å²) in [5.41, 5.74) is 2.71. The SMILES string of the molecule is CC1Cc2ccccc2N1C(=O)C1CN(c2nc3c(F)cccc3s2)C1. The van der Waals surface area contributed by atoms with E-state index in [-0.39, 0.29) is 23.7 Å². The van der Waals surface area contributed by atoms with Gasteiger partial charge in [-0.2, -0.15) is 0 Å². The molecule has 0 saturated carbocycles. The normalized spacial score (nSPS) is 19.7. The van der Waals surface area contributed by atoms with Gasteiger partial charge in [0.05, 0.1) is 10.6 Å². The van der Waals surface area contributed by atoms with E-state index in [1.807, 2.05) is 29.2 Å². The van der Waals surface area contributed by atoms with Crippen molar-refractivity contribution in [3.8, 4) is 0 Å². The van der Waals surface area contributed by atoms with Crippen LogP contribution in [0.15, 0.2) is 42.5 Å². The van der Waals surface area contributed by atoms with E-state index in [4.69, 9.17) is 0 Å². The number of aromatic nitrogens is 1. The molecule has 2 aliphatic rings. The maximum atomic E-state index is 13.8. The van der Waals surface area contributed by atoms with Crippen LogP contribution in [0.2, 0.25) is 0 Å². The zero-order valence-electron chi connectivity index (χ0n) is 14.4.